The minimum absolute atomic E-state index is 0.0711. The molecule has 0 aliphatic carbocycles. The molecule has 0 spiro atoms. The summed E-state index contributed by atoms with van der Waals surface area (Å²) in [6, 6.07) is 9.69. The van der Waals surface area contributed by atoms with Crippen molar-refractivity contribution in [3.8, 4) is 11.5 Å². The molecule has 3 rings (SSSR count). The first-order chi connectivity index (χ1) is 15.9. The van der Waals surface area contributed by atoms with Gasteiger partial charge in [0.25, 0.3) is 5.91 Å². The highest BCUT2D eigenvalue weighted by Crippen LogP contribution is 2.27. The first-order valence-corrected chi connectivity index (χ1v) is 10.9. The van der Waals surface area contributed by atoms with Gasteiger partial charge in [0.05, 0.1) is 14.2 Å². The van der Waals surface area contributed by atoms with Crippen LogP contribution in [0.3, 0.4) is 0 Å². The fraction of sp³-hybridized carbons (Fsp3) is 0.238. The van der Waals surface area contributed by atoms with E-state index in [1.54, 1.807) is 18.2 Å². The van der Waals surface area contributed by atoms with E-state index < -0.39 is 39.3 Å². The Morgan fingerprint density at radius 3 is 2.26 bits per heavy atom. The van der Waals surface area contributed by atoms with E-state index >= 15 is 0 Å². The van der Waals surface area contributed by atoms with Crippen molar-refractivity contribution in [2.45, 2.75) is 18.0 Å². The number of hydrogen-bond acceptors (Lipinski definition) is 8. The quantitative estimate of drug-likeness (QED) is 0.284. The van der Waals surface area contributed by atoms with E-state index in [-0.39, 0.29) is 12.2 Å². The molecule has 0 aliphatic heterocycles. The second-order valence-electron chi connectivity index (χ2n) is 6.89. The Hall–Kier alpha value is -3.74. The molecule has 13 heteroatoms. The molecule has 0 fully saturated rings. The third-order valence-electron chi connectivity index (χ3n) is 4.59. The van der Waals surface area contributed by atoms with Crippen LogP contribution in [0.2, 0.25) is 0 Å². The van der Waals surface area contributed by atoms with Crippen molar-refractivity contribution in [2.75, 3.05) is 14.2 Å². The van der Waals surface area contributed by atoms with Gasteiger partial charge in [-0.25, -0.2) is 4.79 Å². The maximum absolute atomic E-state index is 12.7. The van der Waals surface area contributed by atoms with E-state index in [4.69, 9.17) is 13.9 Å². The number of halogens is 3. The molecule has 9 nitrogen and oxygen atoms in total. The molecule has 0 unspecified atom stereocenters. The van der Waals surface area contributed by atoms with E-state index in [0.29, 0.717) is 22.3 Å². The number of alkyl halides is 3. The van der Waals surface area contributed by atoms with Gasteiger partial charge in [0, 0.05) is 11.8 Å². The van der Waals surface area contributed by atoms with E-state index in [1.165, 1.54) is 25.3 Å². The summed E-state index contributed by atoms with van der Waals surface area (Å²) in [5.41, 5.74) is -4.78. The average molecular weight is 501 g/mol. The van der Waals surface area contributed by atoms with Gasteiger partial charge in [-0.3, -0.25) is 4.79 Å². The largest absolute Gasteiger partial charge is 0.534 e. The van der Waals surface area contributed by atoms with Crippen LogP contribution in [0.25, 0.3) is 11.0 Å². The molecule has 34 heavy (non-hydrogen) atoms. The number of furan rings is 1. The molecule has 1 N–H and O–H groups in total. The standard InChI is InChI=1S/C21H18F3NO8S/c1-30-15-7-8-17-13(10-15)11-18(32-17)19(26)25-16(20(27)31-2)9-12-3-5-14(6-4-12)33-34(28,29)21(22,23)24/h3-8,10-11,16H,9H2,1-2H3,(H,25,26)/t16-/m0/s1. The van der Waals surface area contributed by atoms with Crippen LogP contribution in [-0.4, -0.2) is 46.1 Å². The average Bonchev–Trinajstić information content (AvgIpc) is 3.21. The number of esters is 1. The number of nitrogens with one attached hydrogen (secondary N) is 1. The number of rotatable bonds is 8. The summed E-state index contributed by atoms with van der Waals surface area (Å²) in [5, 5.41) is 3.08. The molecule has 0 radical (unpaired) electrons. The molecule has 0 saturated carbocycles. The molecule has 0 saturated heterocycles. The maximum Gasteiger partial charge on any atom is 0.534 e. The Morgan fingerprint density at radius 2 is 1.68 bits per heavy atom. The summed E-state index contributed by atoms with van der Waals surface area (Å²) in [6.45, 7) is 0. The van der Waals surface area contributed by atoms with Crippen LogP contribution in [0.1, 0.15) is 16.1 Å². The zero-order valence-corrected chi connectivity index (χ0v) is 18.5. The first kappa shape index (κ1) is 24.9. The maximum atomic E-state index is 12.7. The van der Waals surface area contributed by atoms with Gasteiger partial charge in [-0.05, 0) is 42.0 Å². The van der Waals surface area contributed by atoms with Crippen molar-refractivity contribution in [3.05, 3.63) is 59.9 Å². The summed E-state index contributed by atoms with van der Waals surface area (Å²) >= 11 is 0. The van der Waals surface area contributed by atoms with Crippen LogP contribution >= 0.6 is 0 Å². The molecule has 182 valence electrons. The van der Waals surface area contributed by atoms with Crippen molar-refractivity contribution in [1.29, 1.82) is 0 Å². The lowest BCUT2D eigenvalue weighted by Gasteiger charge is -2.16. The van der Waals surface area contributed by atoms with Crippen LogP contribution in [0, 0.1) is 0 Å². The number of carbonyl (C=O) groups excluding carboxylic acids is 2. The van der Waals surface area contributed by atoms with Crippen molar-refractivity contribution in [1.82, 2.24) is 5.32 Å². The Bertz CT molecular complexity index is 1300. The summed E-state index contributed by atoms with van der Waals surface area (Å²) in [4.78, 5) is 24.8. The Labute approximate surface area is 191 Å². The molecule has 2 aromatic carbocycles. The highest BCUT2D eigenvalue weighted by Gasteiger charge is 2.48. The van der Waals surface area contributed by atoms with E-state index in [0.717, 1.165) is 19.2 Å². The van der Waals surface area contributed by atoms with Gasteiger partial charge < -0.3 is 23.4 Å². The van der Waals surface area contributed by atoms with E-state index in [1.807, 2.05) is 0 Å². The van der Waals surface area contributed by atoms with Crippen molar-refractivity contribution in [3.63, 3.8) is 0 Å². The molecule has 0 aliphatic rings. The van der Waals surface area contributed by atoms with Crippen molar-refractivity contribution in [2.24, 2.45) is 0 Å². The number of hydrogen-bond donors (Lipinski definition) is 1. The van der Waals surface area contributed by atoms with Gasteiger partial charge >= 0.3 is 21.6 Å². The molecular formula is C21H18F3NO8S. The Balaban J connectivity index is 1.74. The Morgan fingerprint density at radius 1 is 1.03 bits per heavy atom. The van der Waals surface area contributed by atoms with Gasteiger partial charge in [0.15, 0.2) is 5.76 Å². The fourth-order valence-corrected chi connectivity index (χ4v) is 3.37. The van der Waals surface area contributed by atoms with E-state index in [2.05, 4.69) is 9.50 Å². The predicted octanol–water partition coefficient (Wildman–Crippen LogP) is 3.18. The summed E-state index contributed by atoms with van der Waals surface area (Å²) in [5.74, 6) is -1.58. The third-order valence-corrected chi connectivity index (χ3v) is 5.57. The first-order valence-electron chi connectivity index (χ1n) is 9.49. The molecule has 1 atom stereocenters. The summed E-state index contributed by atoms with van der Waals surface area (Å²) in [7, 11) is -3.21. The monoisotopic (exact) mass is 501 g/mol. The van der Waals surface area contributed by atoms with Crippen LogP contribution in [0.15, 0.2) is 52.9 Å². The minimum Gasteiger partial charge on any atom is -0.497 e. The third kappa shape index (κ3) is 5.60. The van der Waals surface area contributed by atoms with E-state index in [9.17, 15) is 31.2 Å². The summed E-state index contributed by atoms with van der Waals surface area (Å²) < 4.78 is 78.9. The molecule has 1 amide bonds. The molecule has 1 aromatic heterocycles. The number of fused-ring (bicyclic) bond motifs is 1. The number of carbonyl (C=O) groups is 2. The van der Waals surface area contributed by atoms with Crippen LogP contribution in [-0.2, 0) is 26.1 Å². The van der Waals surface area contributed by atoms with Gasteiger partial charge in [-0.2, -0.15) is 21.6 Å². The highest BCUT2D eigenvalue weighted by atomic mass is 32.2. The van der Waals surface area contributed by atoms with Crippen molar-refractivity contribution < 1.29 is 49.3 Å². The number of methoxy groups -OCH3 is 2. The second-order valence-corrected chi connectivity index (χ2v) is 8.43. The zero-order chi connectivity index (χ0) is 25.1. The number of amides is 1. The minimum atomic E-state index is -5.82. The lowest BCUT2D eigenvalue weighted by molar-refractivity contribution is -0.142. The topological polar surface area (TPSA) is 121 Å². The van der Waals surface area contributed by atoms with Gasteiger partial charge in [0.1, 0.15) is 23.1 Å². The summed E-state index contributed by atoms with van der Waals surface area (Å²) in [6.07, 6.45) is -0.112. The van der Waals surface area contributed by atoms with Crippen molar-refractivity contribution >= 4 is 33.0 Å². The van der Waals surface area contributed by atoms with Crippen LogP contribution in [0.5, 0.6) is 11.5 Å². The molecule has 1 heterocycles. The lowest BCUT2D eigenvalue weighted by atomic mass is 10.1. The molecular weight excluding hydrogens is 483 g/mol. The fourth-order valence-electron chi connectivity index (χ4n) is 2.92. The molecule has 0 bridgehead atoms. The second kappa shape index (κ2) is 9.63. The molecule has 3 aromatic rings. The normalized spacial score (nSPS) is 12.7. The SMILES string of the molecule is COC(=O)[C@H](Cc1ccc(OS(=O)(=O)C(F)(F)F)cc1)NC(=O)c1cc2cc(OC)ccc2o1. The smallest absolute Gasteiger partial charge is 0.497 e. The van der Waals surface area contributed by atoms with Gasteiger partial charge in [-0.1, -0.05) is 12.1 Å². The van der Waals surface area contributed by atoms with Crippen LogP contribution < -0.4 is 14.2 Å². The highest BCUT2D eigenvalue weighted by molar-refractivity contribution is 7.88. The Kier molecular flexibility index (Phi) is 7.05. The number of benzene rings is 2. The van der Waals surface area contributed by atoms with Crippen LogP contribution in [0.4, 0.5) is 13.2 Å². The lowest BCUT2D eigenvalue weighted by Crippen LogP contribution is -2.43. The number of ether oxygens (including phenoxy) is 2. The zero-order valence-electron chi connectivity index (χ0n) is 17.7. The van der Waals surface area contributed by atoms with Gasteiger partial charge in [0.2, 0.25) is 0 Å². The predicted molar refractivity (Wildman–Crippen MR) is 112 cm³/mol. The van der Waals surface area contributed by atoms with Gasteiger partial charge in [-0.15, -0.1) is 0 Å².